The summed E-state index contributed by atoms with van der Waals surface area (Å²) in [5.74, 6) is 1.10. The van der Waals surface area contributed by atoms with Crippen LogP contribution in [0.15, 0.2) is 47.5 Å². The Balaban J connectivity index is 1.52. The van der Waals surface area contributed by atoms with Crippen LogP contribution in [0, 0.1) is 10.1 Å². The quantitative estimate of drug-likeness (QED) is 0.369. The molecule has 0 fully saturated rings. The minimum absolute atomic E-state index is 0.0854. The highest BCUT2D eigenvalue weighted by atomic mass is 32.2. The lowest BCUT2D eigenvalue weighted by molar-refractivity contribution is -0.383. The van der Waals surface area contributed by atoms with Crippen LogP contribution in [-0.2, 0) is 11.2 Å². The van der Waals surface area contributed by atoms with E-state index in [1.807, 2.05) is 25.1 Å². The van der Waals surface area contributed by atoms with E-state index < -0.39 is 4.92 Å². The second kappa shape index (κ2) is 7.96. The van der Waals surface area contributed by atoms with Gasteiger partial charge in [0.2, 0.25) is 12.7 Å². The number of nitrogens with one attached hydrogen (secondary N) is 1. The lowest BCUT2D eigenvalue weighted by Crippen LogP contribution is -2.15. The van der Waals surface area contributed by atoms with Crippen molar-refractivity contribution in [2.45, 2.75) is 18.4 Å². The SMILES string of the molecule is CCc1cc2cc3c(cc2nc1SCC(=O)Nc1ccccc1[N+](=O)[O-])OCO3. The number of hydrogen-bond donors (Lipinski definition) is 1. The van der Waals surface area contributed by atoms with E-state index in [0.29, 0.717) is 11.5 Å². The van der Waals surface area contributed by atoms with E-state index >= 15 is 0 Å². The number of aryl methyl sites for hydroxylation is 1. The van der Waals surface area contributed by atoms with Crippen molar-refractivity contribution in [2.75, 3.05) is 17.9 Å². The van der Waals surface area contributed by atoms with E-state index in [1.54, 1.807) is 12.1 Å². The number of nitro groups is 1. The number of anilines is 1. The van der Waals surface area contributed by atoms with Crippen molar-refractivity contribution in [3.05, 3.63) is 58.1 Å². The first kappa shape index (κ1) is 19.0. The average Bonchev–Trinajstić information content (AvgIpc) is 3.17. The molecule has 0 unspecified atom stereocenters. The summed E-state index contributed by atoms with van der Waals surface area (Å²) < 4.78 is 10.8. The van der Waals surface area contributed by atoms with E-state index in [2.05, 4.69) is 10.3 Å². The molecule has 0 aliphatic carbocycles. The zero-order valence-corrected chi connectivity index (χ0v) is 16.3. The Morgan fingerprint density at radius 1 is 1.24 bits per heavy atom. The number of rotatable bonds is 6. The van der Waals surface area contributed by atoms with Crippen molar-refractivity contribution < 1.29 is 19.2 Å². The van der Waals surface area contributed by atoms with E-state index in [4.69, 9.17) is 9.47 Å². The van der Waals surface area contributed by atoms with Crippen LogP contribution in [-0.4, -0.2) is 28.4 Å². The fraction of sp³-hybridized carbons (Fsp3) is 0.200. The summed E-state index contributed by atoms with van der Waals surface area (Å²) in [6.07, 6.45) is 0.755. The summed E-state index contributed by atoms with van der Waals surface area (Å²) in [4.78, 5) is 27.6. The molecule has 2 aromatic carbocycles. The third-order valence-corrected chi connectivity index (χ3v) is 5.48. The summed E-state index contributed by atoms with van der Waals surface area (Å²) in [7, 11) is 0. The van der Waals surface area contributed by atoms with E-state index in [1.165, 1.54) is 23.9 Å². The Morgan fingerprint density at radius 3 is 2.76 bits per heavy atom. The van der Waals surface area contributed by atoms with Gasteiger partial charge in [0.1, 0.15) is 10.7 Å². The van der Waals surface area contributed by atoms with Crippen LogP contribution >= 0.6 is 11.8 Å². The number of pyridine rings is 1. The third kappa shape index (κ3) is 3.95. The molecule has 0 saturated heterocycles. The summed E-state index contributed by atoms with van der Waals surface area (Å²) in [6, 6.07) is 11.8. The highest BCUT2D eigenvalue weighted by Gasteiger charge is 2.18. The van der Waals surface area contributed by atoms with Crippen LogP contribution in [0.3, 0.4) is 0 Å². The van der Waals surface area contributed by atoms with Gasteiger partial charge in [0.15, 0.2) is 11.5 Å². The number of nitro benzene ring substituents is 1. The first-order valence-corrected chi connectivity index (χ1v) is 9.93. The van der Waals surface area contributed by atoms with Gasteiger partial charge in [0.25, 0.3) is 5.69 Å². The number of hydrogen-bond acceptors (Lipinski definition) is 7. The number of amides is 1. The van der Waals surface area contributed by atoms with Crippen molar-refractivity contribution >= 4 is 39.9 Å². The molecule has 1 aliphatic heterocycles. The molecule has 148 valence electrons. The van der Waals surface area contributed by atoms with Gasteiger partial charge in [0, 0.05) is 17.5 Å². The molecule has 1 aliphatic rings. The number of aromatic nitrogens is 1. The topological polar surface area (TPSA) is 104 Å². The molecular weight excluding hydrogens is 394 g/mol. The van der Waals surface area contributed by atoms with Crippen LogP contribution in [0.25, 0.3) is 10.9 Å². The lowest BCUT2D eigenvalue weighted by atomic mass is 10.1. The second-order valence-electron chi connectivity index (χ2n) is 6.32. The van der Waals surface area contributed by atoms with Gasteiger partial charge >= 0.3 is 0 Å². The Labute approximate surface area is 170 Å². The summed E-state index contributed by atoms with van der Waals surface area (Å²) in [5.41, 5.74) is 1.81. The fourth-order valence-electron chi connectivity index (χ4n) is 3.03. The Kier molecular flexibility index (Phi) is 5.22. The van der Waals surface area contributed by atoms with Crippen LogP contribution < -0.4 is 14.8 Å². The van der Waals surface area contributed by atoms with Crippen molar-refractivity contribution in [1.29, 1.82) is 0 Å². The maximum absolute atomic E-state index is 12.4. The molecule has 0 saturated carbocycles. The second-order valence-corrected chi connectivity index (χ2v) is 7.28. The average molecular weight is 411 g/mol. The molecule has 4 rings (SSSR count). The zero-order valence-electron chi connectivity index (χ0n) is 15.5. The fourth-order valence-corrected chi connectivity index (χ4v) is 3.92. The number of carbonyl (C=O) groups is 1. The monoisotopic (exact) mass is 411 g/mol. The normalized spacial score (nSPS) is 12.2. The molecule has 29 heavy (non-hydrogen) atoms. The van der Waals surface area contributed by atoms with Gasteiger partial charge in [-0.15, -0.1) is 0 Å². The lowest BCUT2D eigenvalue weighted by Gasteiger charge is -2.10. The maximum atomic E-state index is 12.4. The molecule has 9 heteroatoms. The number of benzene rings is 2. The first-order valence-electron chi connectivity index (χ1n) is 8.94. The largest absolute Gasteiger partial charge is 0.454 e. The van der Waals surface area contributed by atoms with E-state index in [-0.39, 0.29) is 29.8 Å². The number of fused-ring (bicyclic) bond motifs is 2. The molecule has 1 aromatic heterocycles. The molecular formula is C20H17N3O5S. The molecule has 0 radical (unpaired) electrons. The number of thioether (sulfide) groups is 1. The number of para-hydroxylation sites is 2. The van der Waals surface area contributed by atoms with Gasteiger partial charge in [-0.2, -0.15) is 0 Å². The van der Waals surface area contributed by atoms with Crippen molar-refractivity contribution in [3.8, 4) is 11.5 Å². The molecule has 0 atom stereocenters. The highest BCUT2D eigenvalue weighted by Crippen LogP contribution is 2.37. The van der Waals surface area contributed by atoms with E-state index in [9.17, 15) is 14.9 Å². The Hall–Kier alpha value is -3.33. The molecule has 1 N–H and O–H groups in total. The molecule has 1 amide bonds. The van der Waals surface area contributed by atoms with Crippen molar-refractivity contribution in [3.63, 3.8) is 0 Å². The minimum atomic E-state index is -0.521. The van der Waals surface area contributed by atoms with Crippen molar-refractivity contribution in [2.24, 2.45) is 0 Å². The van der Waals surface area contributed by atoms with Crippen LogP contribution in [0.5, 0.6) is 11.5 Å². The molecule has 2 heterocycles. The third-order valence-electron chi connectivity index (χ3n) is 4.44. The van der Waals surface area contributed by atoms with Crippen LogP contribution in [0.1, 0.15) is 12.5 Å². The standard InChI is InChI=1S/C20H17N3O5S/c1-2-12-7-13-8-17-18(28-11-27-17)9-15(13)22-20(12)29-10-19(24)21-14-5-3-4-6-16(14)23(25)26/h3-9H,2,10-11H2,1H3,(H,21,24). The molecule has 0 bridgehead atoms. The van der Waals surface area contributed by atoms with Gasteiger partial charge in [0.05, 0.1) is 16.2 Å². The minimum Gasteiger partial charge on any atom is -0.454 e. The molecule has 3 aromatic rings. The van der Waals surface area contributed by atoms with Crippen LogP contribution in [0.2, 0.25) is 0 Å². The smallest absolute Gasteiger partial charge is 0.292 e. The number of nitrogens with zero attached hydrogens (tertiary/aromatic N) is 2. The number of carbonyl (C=O) groups excluding carboxylic acids is 1. The Morgan fingerprint density at radius 2 is 2.00 bits per heavy atom. The Bertz CT molecular complexity index is 1120. The molecule has 8 nitrogen and oxygen atoms in total. The van der Waals surface area contributed by atoms with Crippen molar-refractivity contribution in [1.82, 2.24) is 4.98 Å². The summed E-state index contributed by atoms with van der Waals surface area (Å²) >= 11 is 1.30. The van der Waals surface area contributed by atoms with Gasteiger partial charge in [-0.05, 0) is 30.2 Å². The summed E-state index contributed by atoms with van der Waals surface area (Å²) in [5, 5.41) is 15.4. The predicted molar refractivity (Wildman–Crippen MR) is 110 cm³/mol. The van der Waals surface area contributed by atoms with Gasteiger partial charge in [-0.1, -0.05) is 30.8 Å². The first-order chi connectivity index (χ1) is 14.0. The number of ether oxygens (including phenoxy) is 2. The van der Waals surface area contributed by atoms with E-state index in [0.717, 1.165) is 27.9 Å². The van der Waals surface area contributed by atoms with Gasteiger partial charge in [-0.25, -0.2) is 4.98 Å². The van der Waals surface area contributed by atoms with Gasteiger partial charge < -0.3 is 14.8 Å². The summed E-state index contributed by atoms with van der Waals surface area (Å²) in [6.45, 7) is 2.22. The van der Waals surface area contributed by atoms with Crippen LogP contribution in [0.4, 0.5) is 11.4 Å². The highest BCUT2D eigenvalue weighted by molar-refractivity contribution is 8.00. The maximum Gasteiger partial charge on any atom is 0.292 e. The van der Waals surface area contributed by atoms with Gasteiger partial charge in [-0.3, -0.25) is 14.9 Å². The zero-order chi connectivity index (χ0) is 20.4. The predicted octanol–water partition coefficient (Wildman–Crippen LogP) is 4.16. The molecule has 0 spiro atoms.